The third-order valence-corrected chi connectivity index (χ3v) is 6.46. The minimum Gasteiger partial charge on any atom is -0.373 e. The highest BCUT2D eigenvalue weighted by Crippen LogP contribution is 2.40. The molecule has 0 radical (unpaired) electrons. The van der Waals surface area contributed by atoms with Crippen LogP contribution < -0.4 is 10.6 Å². The van der Waals surface area contributed by atoms with Gasteiger partial charge in [0.05, 0.1) is 24.8 Å². The maximum absolute atomic E-state index is 14.1. The highest BCUT2D eigenvalue weighted by atomic mass is 35.5. The van der Waals surface area contributed by atoms with Crippen molar-refractivity contribution in [1.82, 2.24) is 5.32 Å². The van der Waals surface area contributed by atoms with Crippen LogP contribution in [0.3, 0.4) is 0 Å². The fraction of sp³-hybridized carbons (Fsp3) is 0.185. The summed E-state index contributed by atoms with van der Waals surface area (Å²) in [5.41, 5.74) is -2.98. The zero-order valence-corrected chi connectivity index (χ0v) is 20.3. The van der Waals surface area contributed by atoms with Crippen molar-refractivity contribution in [3.8, 4) is 11.8 Å². The van der Waals surface area contributed by atoms with E-state index in [9.17, 15) is 36.6 Å². The summed E-state index contributed by atoms with van der Waals surface area (Å²) in [6, 6.07) is 6.52. The summed E-state index contributed by atoms with van der Waals surface area (Å²) in [5.74, 6) is 1.65. The molecule has 2 aliphatic heterocycles. The molecule has 2 heterocycles. The summed E-state index contributed by atoms with van der Waals surface area (Å²) in [4.78, 5) is 26.0. The lowest BCUT2D eigenvalue weighted by atomic mass is 9.94. The number of aliphatic hydroxyl groups is 1. The van der Waals surface area contributed by atoms with Crippen LogP contribution in [-0.2, 0) is 10.9 Å². The fourth-order valence-corrected chi connectivity index (χ4v) is 4.44. The zero-order chi connectivity index (χ0) is 28.1. The Labute approximate surface area is 222 Å². The number of carbonyl (C=O) groups is 2. The number of hydrogen-bond acceptors (Lipinski definition) is 4. The highest BCUT2D eigenvalue weighted by molar-refractivity contribution is 6.31. The van der Waals surface area contributed by atoms with E-state index in [1.54, 1.807) is 0 Å². The summed E-state index contributed by atoms with van der Waals surface area (Å²) in [6.45, 7) is -0.0629. The van der Waals surface area contributed by atoms with Gasteiger partial charge in [-0.1, -0.05) is 23.4 Å². The van der Waals surface area contributed by atoms with Crippen molar-refractivity contribution in [2.75, 3.05) is 18.5 Å². The Morgan fingerprint density at radius 3 is 2.51 bits per heavy atom. The molecule has 6 nitrogen and oxygen atoms in total. The van der Waals surface area contributed by atoms with E-state index in [1.807, 2.05) is 0 Å². The average Bonchev–Trinajstić information content (AvgIpc) is 3.18. The van der Waals surface area contributed by atoms with E-state index in [0.717, 1.165) is 12.1 Å². The van der Waals surface area contributed by atoms with Gasteiger partial charge in [-0.15, -0.1) is 0 Å². The van der Waals surface area contributed by atoms with Gasteiger partial charge in [0.2, 0.25) is 0 Å². The van der Waals surface area contributed by atoms with Crippen LogP contribution in [0.25, 0.3) is 0 Å². The van der Waals surface area contributed by atoms with Crippen molar-refractivity contribution in [2.24, 2.45) is 0 Å². The van der Waals surface area contributed by atoms with Gasteiger partial charge >= 0.3 is 6.18 Å². The molecule has 2 amide bonds. The minimum absolute atomic E-state index is 0.0227. The molecule has 3 N–H and O–H groups in total. The Hall–Kier alpha value is -3.98. The third-order valence-electron chi connectivity index (χ3n) is 6.11. The molecule has 1 unspecified atom stereocenters. The van der Waals surface area contributed by atoms with Gasteiger partial charge in [-0.2, -0.15) is 13.2 Å². The lowest BCUT2D eigenvalue weighted by Crippen LogP contribution is -2.48. The van der Waals surface area contributed by atoms with Gasteiger partial charge in [0.25, 0.3) is 11.8 Å². The third kappa shape index (κ3) is 5.31. The van der Waals surface area contributed by atoms with E-state index in [0.29, 0.717) is 12.1 Å². The Bertz CT molecular complexity index is 1590. The smallest absolute Gasteiger partial charge is 0.373 e. The van der Waals surface area contributed by atoms with Gasteiger partial charge < -0.3 is 20.5 Å². The van der Waals surface area contributed by atoms with Crippen molar-refractivity contribution in [3.63, 3.8) is 0 Å². The van der Waals surface area contributed by atoms with E-state index in [4.69, 9.17) is 16.3 Å². The summed E-state index contributed by atoms with van der Waals surface area (Å²) >= 11 is 6.26. The summed E-state index contributed by atoms with van der Waals surface area (Å²) in [6.07, 6.45) is -4.91. The van der Waals surface area contributed by atoms with Crippen LogP contribution in [0.5, 0.6) is 0 Å². The highest BCUT2D eigenvalue weighted by Gasteiger charge is 2.36. The molecule has 1 fully saturated rings. The van der Waals surface area contributed by atoms with Crippen LogP contribution >= 0.6 is 11.6 Å². The van der Waals surface area contributed by atoms with Crippen molar-refractivity contribution in [2.45, 2.75) is 17.8 Å². The van der Waals surface area contributed by atoms with Gasteiger partial charge in [-0.05, 0) is 48.5 Å². The first kappa shape index (κ1) is 26.6. The van der Waals surface area contributed by atoms with Crippen molar-refractivity contribution in [3.05, 3.63) is 98.6 Å². The van der Waals surface area contributed by atoms with Crippen molar-refractivity contribution < 1.29 is 41.4 Å². The number of nitrogens with one attached hydrogen (secondary N) is 2. The molecule has 2 aliphatic rings. The van der Waals surface area contributed by atoms with Gasteiger partial charge in [-0.25, -0.2) is 8.78 Å². The quantitative estimate of drug-likeness (QED) is 0.315. The fourth-order valence-electron chi connectivity index (χ4n) is 4.21. The topological polar surface area (TPSA) is 87.7 Å². The number of benzene rings is 3. The van der Waals surface area contributed by atoms with Gasteiger partial charge in [-0.3, -0.25) is 9.59 Å². The molecule has 0 spiro atoms. The maximum Gasteiger partial charge on any atom is 0.416 e. The molecular formula is C27H16ClF5N2O4. The molecule has 12 heteroatoms. The van der Waals surface area contributed by atoms with E-state index < -0.39 is 52.4 Å². The molecule has 1 saturated heterocycles. The molecule has 0 bridgehead atoms. The van der Waals surface area contributed by atoms with Crippen LogP contribution in [0.1, 0.15) is 49.0 Å². The Morgan fingerprint density at radius 2 is 1.85 bits per heavy atom. The molecule has 0 aliphatic carbocycles. The number of hydrogen-bond donors (Lipinski definition) is 3. The lowest BCUT2D eigenvalue weighted by Gasteiger charge is -2.30. The van der Waals surface area contributed by atoms with Gasteiger partial charge in [0.1, 0.15) is 11.6 Å². The number of ether oxygens (including phenoxy) is 1. The first-order chi connectivity index (χ1) is 18.3. The molecule has 3 aromatic carbocycles. The Morgan fingerprint density at radius 1 is 1.10 bits per heavy atom. The van der Waals surface area contributed by atoms with E-state index in [-0.39, 0.29) is 52.2 Å². The largest absolute Gasteiger partial charge is 0.416 e. The molecule has 5 rings (SSSR count). The number of alkyl halides is 3. The van der Waals surface area contributed by atoms with Crippen molar-refractivity contribution in [1.29, 1.82) is 0 Å². The predicted molar refractivity (Wildman–Crippen MR) is 129 cm³/mol. The molecule has 0 saturated carbocycles. The molecule has 39 heavy (non-hydrogen) atoms. The van der Waals surface area contributed by atoms with Gasteiger partial charge in [0, 0.05) is 38.5 Å². The Balaban J connectivity index is 1.62. The first-order valence-corrected chi connectivity index (χ1v) is 11.7. The minimum atomic E-state index is -4.91. The number of amides is 2. The van der Waals surface area contributed by atoms with Crippen LogP contribution in [0, 0.1) is 23.5 Å². The van der Waals surface area contributed by atoms with E-state index in [1.165, 1.54) is 18.2 Å². The van der Waals surface area contributed by atoms with Crippen LogP contribution in [-0.4, -0.2) is 35.7 Å². The SMILES string of the molecule is O=C(Nc1cc(C#CC2(O)COC2)cc2c1C(c1cc(F)ccc1Cl)NC2=O)c1cc(F)cc(C(F)(F)F)c1. The normalized spacial score (nSPS) is 17.4. The average molecular weight is 563 g/mol. The zero-order valence-electron chi connectivity index (χ0n) is 19.6. The van der Waals surface area contributed by atoms with Gasteiger partial charge in [0.15, 0.2) is 5.60 Å². The van der Waals surface area contributed by atoms with Crippen LogP contribution in [0.4, 0.5) is 27.6 Å². The summed E-state index contributed by atoms with van der Waals surface area (Å²) in [5, 5.41) is 15.4. The van der Waals surface area contributed by atoms with Crippen LogP contribution in [0.2, 0.25) is 5.02 Å². The maximum atomic E-state index is 14.1. The Kier molecular flexibility index (Phi) is 6.58. The number of fused-ring (bicyclic) bond motifs is 1. The lowest BCUT2D eigenvalue weighted by molar-refractivity contribution is -0.140. The van der Waals surface area contributed by atoms with Crippen molar-refractivity contribution >= 4 is 29.1 Å². The van der Waals surface area contributed by atoms with Crippen LogP contribution in [0.15, 0.2) is 48.5 Å². The second-order valence-electron chi connectivity index (χ2n) is 9.01. The molecular weight excluding hydrogens is 547 g/mol. The second kappa shape index (κ2) is 9.64. The molecule has 3 aromatic rings. The predicted octanol–water partition coefficient (Wildman–Crippen LogP) is 4.83. The summed E-state index contributed by atoms with van der Waals surface area (Å²) in [7, 11) is 0. The molecule has 0 aromatic heterocycles. The standard InChI is InChI=1S/C27H16ClF5N2O4/c28-20-2-1-16(29)10-18(20)23-22-19(25(37)35-23)5-13(3-4-26(38)11-39-12-26)6-21(22)34-24(36)14-7-15(27(31,32)33)9-17(30)8-14/h1-2,5-10,23,38H,11-12H2,(H,34,36)(H,35,37). The molecule has 1 atom stereocenters. The monoisotopic (exact) mass is 562 g/mol. The number of halogens is 6. The first-order valence-electron chi connectivity index (χ1n) is 11.3. The second-order valence-corrected chi connectivity index (χ2v) is 9.42. The van der Waals surface area contributed by atoms with E-state index >= 15 is 0 Å². The number of anilines is 1. The van der Waals surface area contributed by atoms with E-state index in [2.05, 4.69) is 22.5 Å². The molecule has 200 valence electrons. The number of carbonyl (C=O) groups excluding carboxylic acids is 2. The summed E-state index contributed by atoms with van der Waals surface area (Å²) < 4.78 is 72.6. The number of rotatable bonds is 3.